The van der Waals surface area contributed by atoms with Crippen molar-refractivity contribution in [3.05, 3.63) is 62.7 Å². The van der Waals surface area contributed by atoms with Crippen LogP contribution in [0, 0.1) is 44.1 Å². The number of unbranched alkanes of at least 4 members (excludes halogenated alkanes) is 1. The summed E-state index contributed by atoms with van der Waals surface area (Å²) in [5.74, 6) is 1.72. The highest BCUT2D eigenvalue weighted by molar-refractivity contribution is 5.89. The van der Waals surface area contributed by atoms with Gasteiger partial charge in [-0.05, 0) is 125 Å². The van der Waals surface area contributed by atoms with Gasteiger partial charge < -0.3 is 4.74 Å². The first-order chi connectivity index (χ1) is 18.9. The number of fused-ring (bicyclic) bond motifs is 3. The molecule has 40 heavy (non-hydrogen) atoms. The maximum atomic E-state index is 13.1. The van der Waals surface area contributed by atoms with Gasteiger partial charge in [0.1, 0.15) is 6.10 Å². The van der Waals surface area contributed by atoms with E-state index in [4.69, 9.17) is 4.74 Å². The molecule has 4 aliphatic rings. The van der Waals surface area contributed by atoms with E-state index in [-0.39, 0.29) is 28.6 Å². The number of nitro groups is 1. The smallest absolute Gasteiger partial charge is 0.338 e. The Morgan fingerprint density at radius 3 is 2.35 bits per heavy atom. The molecule has 0 saturated heterocycles. The highest BCUT2D eigenvalue weighted by Crippen LogP contribution is 2.70. The van der Waals surface area contributed by atoms with Gasteiger partial charge in [0.15, 0.2) is 0 Å². The van der Waals surface area contributed by atoms with Gasteiger partial charge in [0.2, 0.25) is 0 Å². The number of benzene rings is 1. The zero-order chi connectivity index (χ0) is 28.9. The zero-order valence-corrected chi connectivity index (χ0v) is 25.6. The number of hydrogen-bond acceptors (Lipinski definition) is 4. The lowest BCUT2D eigenvalue weighted by Crippen LogP contribution is -2.57. The highest BCUT2D eigenvalue weighted by Gasteiger charge is 2.61. The van der Waals surface area contributed by atoms with Crippen LogP contribution >= 0.6 is 0 Å². The van der Waals surface area contributed by atoms with Crippen LogP contribution in [0.4, 0.5) is 5.69 Å². The summed E-state index contributed by atoms with van der Waals surface area (Å²) in [6.07, 6.45) is 15.7. The van der Waals surface area contributed by atoms with Crippen LogP contribution in [0.3, 0.4) is 0 Å². The quantitative estimate of drug-likeness (QED) is 0.112. The van der Waals surface area contributed by atoms with Crippen molar-refractivity contribution >= 4 is 11.7 Å². The average Bonchev–Trinajstić information content (AvgIpc) is 2.89. The first kappa shape index (κ1) is 29.1. The number of nitro benzene ring substituents is 1. The van der Waals surface area contributed by atoms with E-state index in [9.17, 15) is 14.9 Å². The minimum atomic E-state index is -0.446. The molecule has 6 atom stereocenters. The summed E-state index contributed by atoms with van der Waals surface area (Å²) in [5.41, 5.74) is 5.89. The van der Waals surface area contributed by atoms with Crippen molar-refractivity contribution in [2.45, 2.75) is 118 Å². The normalized spacial score (nSPS) is 34.4. The number of esters is 1. The summed E-state index contributed by atoms with van der Waals surface area (Å²) in [5, 5.41) is 11.0. The van der Waals surface area contributed by atoms with Gasteiger partial charge in [0.25, 0.3) is 5.69 Å². The van der Waals surface area contributed by atoms with Crippen molar-refractivity contribution in [3.63, 3.8) is 0 Å². The second-order valence-electron chi connectivity index (χ2n) is 14.5. The van der Waals surface area contributed by atoms with Gasteiger partial charge in [-0.3, -0.25) is 10.1 Å². The van der Waals surface area contributed by atoms with Crippen LogP contribution in [0.1, 0.15) is 123 Å². The fourth-order valence-electron chi connectivity index (χ4n) is 9.71. The molecule has 1 aromatic rings. The molecule has 0 aliphatic heterocycles. The Kier molecular flexibility index (Phi) is 7.82. The van der Waals surface area contributed by atoms with Crippen molar-refractivity contribution < 1.29 is 14.5 Å². The van der Waals surface area contributed by atoms with Gasteiger partial charge in [0, 0.05) is 17.5 Å². The van der Waals surface area contributed by atoms with Crippen LogP contribution in [-0.2, 0) is 4.74 Å². The maximum Gasteiger partial charge on any atom is 0.338 e. The van der Waals surface area contributed by atoms with Gasteiger partial charge in [-0.1, -0.05) is 50.5 Å². The third-order valence-corrected chi connectivity index (χ3v) is 11.9. The lowest BCUT2D eigenvalue weighted by molar-refractivity contribution is -0.384. The summed E-state index contributed by atoms with van der Waals surface area (Å²) in [6, 6.07) is 5.78. The van der Waals surface area contributed by atoms with Gasteiger partial charge in [-0.25, -0.2) is 4.79 Å². The molecule has 1 spiro atoms. The van der Waals surface area contributed by atoms with E-state index in [1.165, 1.54) is 87.6 Å². The predicted octanol–water partition coefficient (Wildman–Crippen LogP) is 9.62. The predicted molar refractivity (Wildman–Crippen MR) is 160 cm³/mol. The number of carbonyl (C=O) groups is 1. The Balaban J connectivity index is 1.35. The Bertz CT molecular complexity index is 1210. The zero-order valence-electron chi connectivity index (χ0n) is 25.6. The summed E-state index contributed by atoms with van der Waals surface area (Å²) in [4.78, 5) is 23.7. The number of ether oxygens (including phenoxy) is 1. The lowest BCUT2D eigenvalue weighted by atomic mass is 9.40. The minimum Gasteiger partial charge on any atom is -0.458 e. The molecule has 1 aromatic carbocycles. The van der Waals surface area contributed by atoms with Crippen LogP contribution in [0.25, 0.3) is 0 Å². The lowest BCUT2D eigenvalue weighted by Gasteiger charge is -2.65. The molecule has 218 valence electrons. The number of rotatable bonds is 7. The van der Waals surface area contributed by atoms with Crippen LogP contribution in [0.15, 0.2) is 47.1 Å². The Hall–Kier alpha value is -2.43. The van der Waals surface area contributed by atoms with E-state index in [1.807, 2.05) is 5.57 Å². The van der Waals surface area contributed by atoms with Gasteiger partial charge in [-0.15, -0.1) is 0 Å². The molecule has 6 unspecified atom stereocenters. The second-order valence-corrected chi connectivity index (χ2v) is 14.5. The Labute approximate surface area is 241 Å². The topological polar surface area (TPSA) is 69.4 Å². The summed E-state index contributed by atoms with van der Waals surface area (Å²) in [7, 11) is 0. The van der Waals surface area contributed by atoms with Crippen molar-refractivity contribution in [1.29, 1.82) is 0 Å². The Morgan fingerprint density at radius 1 is 1.02 bits per heavy atom. The molecule has 2 saturated carbocycles. The molecule has 0 N–H and O–H groups in total. The van der Waals surface area contributed by atoms with Crippen molar-refractivity contribution in [3.8, 4) is 0 Å². The number of hydrogen-bond donors (Lipinski definition) is 0. The van der Waals surface area contributed by atoms with E-state index in [0.29, 0.717) is 16.9 Å². The van der Waals surface area contributed by atoms with E-state index in [1.54, 1.807) is 5.57 Å². The first-order valence-corrected chi connectivity index (χ1v) is 15.7. The van der Waals surface area contributed by atoms with E-state index in [0.717, 1.165) is 24.7 Å². The molecule has 0 bridgehead atoms. The molecule has 5 nitrogen and oxygen atoms in total. The first-order valence-electron chi connectivity index (χ1n) is 15.7. The molecular weight excluding hydrogens is 498 g/mol. The fourth-order valence-corrected chi connectivity index (χ4v) is 9.71. The number of carbonyl (C=O) groups excluding carboxylic acids is 1. The van der Waals surface area contributed by atoms with Crippen LogP contribution in [-0.4, -0.2) is 17.0 Å². The van der Waals surface area contributed by atoms with E-state index in [2.05, 4.69) is 47.6 Å². The molecule has 0 amide bonds. The number of non-ortho nitro benzene ring substituents is 1. The third kappa shape index (κ3) is 4.75. The number of allylic oxidation sites excluding steroid dienone is 4. The molecule has 0 heterocycles. The van der Waals surface area contributed by atoms with Crippen LogP contribution < -0.4 is 0 Å². The molecule has 0 aromatic heterocycles. The summed E-state index contributed by atoms with van der Waals surface area (Å²) in [6.45, 7) is 14.1. The van der Waals surface area contributed by atoms with Gasteiger partial charge >= 0.3 is 5.97 Å². The Morgan fingerprint density at radius 2 is 1.73 bits per heavy atom. The molecule has 4 aliphatic carbocycles. The summed E-state index contributed by atoms with van der Waals surface area (Å²) >= 11 is 0. The van der Waals surface area contributed by atoms with Crippen molar-refractivity contribution in [2.75, 3.05) is 0 Å². The summed E-state index contributed by atoms with van der Waals surface area (Å²) < 4.78 is 6.17. The molecule has 2 fully saturated rings. The van der Waals surface area contributed by atoms with Crippen molar-refractivity contribution in [1.82, 2.24) is 0 Å². The molecular formula is C35H49NO4. The minimum absolute atomic E-state index is 0.0160. The number of nitrogens with zero attached hydrogens (tertiary/aromatic N) is 1. The fraction of sp³-hybridized carbons (Fsp3) is 0.686. The molecule has 5 heteroatoms. The monoisotopic (exact) mass is 547 g/mol. The van der Waals surface area contributed by atoms with Crippen LogP contribution in [0.5, 0.6) is 0 Å². The van der Waals surface area contributed by atoms with E-state index >= 15 is 0 Å². The highest BCUT2D eigenvalue weighted by atomic mass is 16.6. The average molecular weight is 548 g/mol. The van der Waals surface area contributed by atoms with Gasteiger partial charge in [0.05, 0.1) is 10.5 Å². The van der Waals surface area contributed by atoms with Crippen LogP contribution in [0.2, 0.25) is 0 Å². The van der Waals surface area contributed by atoms with Crippen molar-refractivity contribution in [2.24, 2.45) is 34.0 Å². The van der Waals surface area contributed by atoms with Gasteiger partial charge in [-0.2, -0.15) is 0 Å². The molecule has 0 radical (unpaired) electrons. The SMILES string of the molecule is CC(C)=CCCCC1CCC12C1=C(CCC2C)C2(C)CCC(OC(=O)c3ccc([N+](=O)[O-])cc3)C(C)(C)C2CC1. The third-order valence-electron chi connectivity index (χ3n) is 11.9. The van der Waals surface area contributed by atoms with E-state index < -0.39 is 4.92 Å². The molecule has 5 rings (SSSR count). The largest absolute Gasteiger partial charge is 0.458 e. The maximum absolute atomic E-state index is 13.1. The standard InChI is InChI=1S/C35H49NO4/c1-23(2)9-7-8-10-26-19-22-35(26)24(3)11-16-28-29(35)17-18-30-33(4,5)31(20-21-34(28,30)6)40-32(37)25-12-14-27(15-13-25)36(38)39/h9,12-15,24,26,30-31H,7-8,10-11,16-22H2,1-6H3. The second kappa shape index (κ2) is 10.8.